The molecule has 8 heteroatoms. The lowest BCUT2D eigenvalue weighted by Crippen LogP contribution is -2.27. The van der Waals surface area contributed by atoms with Crippen LogP contribution in [-0.4, -0.2) is 47.1 Å². The summed E-state index contributed by atoms with van der Waals surface area (Å²) in [5.41, 5.74) is 3.52. The number of nitrogens with zero attached hydrogens (tertiary/aromatic N) is 3. The second kappa shape index (κ2) is 6.83. The number of nitrogens with one attached hydrogen (secondary N) is 1. The van der Waals surface area contributed by atoms with Crippen LogP contribution < -0.4 is 5.43 Å². The van der Waals surface area contributed by atoms with E-state index in [4.69, 9.17) is 9.94 Å². The molecule has 0 aromatic rings. The van der Waals surface area contributed by atoms with E-state index in [1.807, 2.05) is 6.92 Å². The van der Waals surface area contributed by atoms with Crippen molar-refractivity contribution in [3.05, 3.63) is 0 Å². The van der Waals surface area contributed by atoms with Crippen LogP contribution in [0.4, 0.5) is 0 Å². The average molecular weight is 244 g/mol. The molecule has 1 rings (SSSR count). The fourth-order valence-corrected chi connectivity index (χ4v) is 1.62. The molecule has 7 nitrogen and oxygen atoms in total. The molecule has 0 bridgehead atoms. The molecule has 0 radical (unpaired) electrons. The Labute approximate surface area is 96.6 Å². The molecule has 0 aromatic heterocycles. The van der Waals surface area contributed by atoms with Gasteiger partial charge < -0.3 is 9.94 Å². The predicted molar refractivity (Wildman–Crippen MR) is 63.1 cm³/mol. The molecule has 0 unspecified atom stereocenters. The molecule has 0 saturated carbocycles. The van der Waals surface area contributed by atoms with E-state index >= 15 is 0 Å². The summed E-state index contributed by atoms with van der Waals surface area (Å²) < 4.78 is 0. The van der Waals surface area contributed by atoms with E-state index in [1.165, 1.54) is 11.8 Å². The number of rotatable bonds is 5. The maximum atomic E-state index is 10.1. The molecule has 1 heterocycles. The highest BCUT2D eigenvalue weighted by Gasteiger charge is 2.10. The highest BCUT2D eigenvalue weighted by molar-refractivity contribution is 8.14. The van der Waals surface area contributed by atoms with Crippen molar-refractivity contribution in [2.24, 2.45) is 15.2 Å². The molecule has 0 spiro atoms. The zero-order valence-electron chi connectivity index (χ0n) is 8.71. The topological polar surface area (TPSA) is 95.6 Å². The maximum absolute atomic E-state index is 10.1. The third-order valence-corrected chi connectivity index (χ3v) is 2.43. The summed E-state index contributed by atoms with van der Waals surface area (Å²) in [6.07, 6.45) is 0.688. The Hall–Kier alpha value is -1.57. The van der Waals surface area contributed by atoms with Crippen LogP contribution in [0.1, 0.15) is 6.92 Å². The number of aliphatic carboxylic acids is 1. The number of oxime groups is 1. The van der Waals surface area contributed by atoms with E-state index in [0.29, 0.717) is 18.5 Å². The minimum atomic E-state index is -1.14. The summed E-state index contributed by atoms with van der Waals surface area (Å²) in [5.74, 6) is -0.482. The highest BCUT2D eigenvalue weighted by atomic mass is 32.2. The smallest absolute Gasteiger partial charge is 0.350 e. The minimum Gasteiger partial charge on any atom is -0.477 e. The normalized spacial score (nSPS) is 18.3. The van der Waals surface area contributed by atoms with E-state index in [1.54, 1.807) is 0 Å². The van der Waals surface area contributed by atoms with Crippen LogP contribution >= 0.6 is 11.8 Å². The van der Waals surface area contributed by atoms with E-state index in [2.05, 4.69) is 20.7 Å². The van der Waals surface area contributed by atoms with Gasteiger partial charge in [0.1, 0.15) is 0 Å². The molecule has 88 valence electrons. The van der Waals surface area contributed by atoms with Crippen molar-refractivity contribution < 1.29 is 14.7 Å². The summed E-state index contributed by atoms with van der Waals surface area (Å²) in [5, 5.41) is 16.3. The molecular formula is C8H12N4O3S. The summed E-state index contributed by atoms with van der Waals surface area (Å²) in [6.45, 7) is 2.82. The second-order valence-corrected chi connectivity index (χ2v) is 3.67. The lowest BCUT2D eigenvalue weighted by Gasteiger charge is -2.13. The van der Waals surface area contributed by atoms with Gasteiger partial charge >= 0.3 is 5.97 Å². The van der Waals surface area contributed by atoms with Crippen molar-refractivity contribution in [1.29, 1.82) is 0 Å². The largest absolute Gasteiger partial charge is 0.477 e. The number of thioether (sulfide) groups is 1. The average Bonchev–Trinajstić information content (AvgIpc) is 2.27. The SMILES string of the molecule is CCN=C1NN=C(CO/N=C\C(=O)O)CS1. The molecular weight excluding hydrogens is 232 g/mol. The van der Waals surface area contributed by atoms with Crippen molar-refractivity contribution in [3.8, 4) is 0 Å². The Balaban J connectivity index is 2.30. The van der Waals surface area contributed by atoms with Gasteiger partial charge in [-0.05, 0) is 6.92 Å². The van der Waals surface area contributed by atoms with E-state index < -0.39 is 5.97 Å². The van der Waals surface area contributed by atoms with Crippen LogP contribution in [-0.2, 0) is 9.63 Å². The van der Waals surface area contributed by atoms with Crippen LogP contribution in [0, 0.1) is 0 Å². The molecule has 1 aliphatic rings. The van der Waals surface area contributed by atoms with Gasteiger partial charge in [0.2, 0.25) is 0 Å². The van der Waals surface area contributed by atoms with Gasteiger partial charge in [0.05, 0.1) is 5.71 Å². The molecule has 0 amide bonds. The fraction of sp³-hybridized carbons (Fsp3) is 0.500. The summed E-state index contributed by atoms with van der Waals surface area (Å²) in [6, 6.07) is 0. The van der Waals surface area contributed by atoms with E-state index in [-0.39, 0.29) is 6.61 Å². The van der Waals surface area contributed by atoms with Gasteiger partial charge in [0, 0.05) is 12.3 Å². The number of amidine groups is 1. The number of hydrogen-bond donors (Lipinski definition) is 2. The van der Waals surface area contributed by atoms with Gasteiger partial charge in [-0.2, -0.15) is 5.10 Å². The Morgan fingerprint density at radius 1 is 1.81 bits per heavy atom. The Morgan fingerprint density at radius 2 is 2.62 bits per heavy atom. The van der Waals surface area contributed by atoms with E-state index in [0.717, 1.165) is 10.9 Å². The predicted octanol–water partition coefficient (Wildman–Crippen LogP) is 0.142. The number of carboxylic acid groups (broad SMARTS) is 1. The van der Waals surface area contributed by atoms with Crippen LogP contribution in [0.3, 0.4) is 0 Å². The first-order valence-electron chi connectivity index (χ1n) is 4.59. The molecule has 16 heavy (non-hydrogen) atoms. The van der Waals surface area contributed by atoms with Gasteiger partial charge in [0.25, 0.3) is 0 Å². The molecule has 0 saturated heterocycles. The highest BCUT2D eigenvalue weighted by Crippen LogP contribution is 2.07. The zero-order valence-corrected chi connectivity index (χ0v) is 9.53. The molecule has 0 aliphatic carbocycles. The summed E-state index contributed by atoms with van der Waals surface area (Å²) in [4.78, 5) is 19.0. The third kappa shape index (κ3) is 4.78. The monoisotopic (exact) mass is 244 g/mol. The van der Waals surface area contributed by atoms with Crippen LogP contribution in [0.25, 0.3) is 0 Å². The van der Waals surface area contributed by atoms with Crippen molar-refractivity contribution in [2.45, 2.75) is 6.92 Å². The van der Waals surface area contributed by atoms with Gasteiger partial charge in [-0.25, -0.2) is 4.79 Å². The van der Waals surface area contributed by atoms with Gasteiger partial charge in [-0.3, -0.25) is 10.4 Å². The summed E-state index contributed by atoms with van der Waals surface area (Å²) in [7, 11) is 0. The number of carboxylic acids is 1. The van der Waals surface area contributed by atoms with Crippen molar-refractivity contribution in [2.75, 3.05) is 18.9 Å². The Morgan fingerprint density at radius 3 is 3.19 bits per heavy atom. The van der Waals surface area contributed by atoms with Gasteiger partial charge in [0.15, 0.2) is 18.0 Å². The summed E-state index contributed by atoms with van der Waals surface area (Å²) >= 11 is 1.52. The number of aliphatic imine (C=N–C) groups is 1. The fourth-order valence-electron chi connectivity index (χ4n) is 0.836. The quantitative estimate of drug-likeness (QED) is 0.530. The second-order valence-electron chi connectivity index (χ2n) is 2.70. The Bertz CT molecular complexity index is 340. The first-order chi connectivity index (χ1) is 7.72. The van der Waals surface area contributed by atoms with Crippen molar-refractivity contribution in [1.82, 2.24) is 5.43 Å². The lowest BCUT2D eigenvalue weighted by molar-refractivity contribution is -0.129. The first-order valence-corrected chi connectivity index (χ1v) is 5.58. The third-order valence-electron chi connectivity index (χ3n) is 1.46. The maximum Gasteiger partial charge on any atom is 0.350 e. The van der Waals surface area contributed by atoms with Crippen molar-refractivity contribution >= 4 is 34.8 Å². The van der Waals surface area contributed by atoms with Crippen LogP contribution in [0.5, 0.6) is 0 Å². The molecule has 1 aliphatic heterocycles. The van der Waals surface area contributed by atoms with Crippen LogP contribution in [0.15, 0.2) is 15.2 Å². The van der Waals surface area contributed by atoms with Gasteiger partial charge in [-0.1, -0.05) is 16.9 Å². The first kappa shape index (κ1) is 12.5. The standard InChI is InChI=1S/C8H12N4O3S/c1-2-9-8-12-11-6(5-16-8)4-15-10-3-7(13)14/h3H,2,4-5H2,1H3,(H,9,12)(H,13,14)/b10-3-. The van der Waals surface area contributed by atoms with Crippen LogP contribution in [0.2, 0.25) is 0 Å². The number of carbonyl (C=O) groups is 1. The van der Waals surface area contributed by atoms with Crippen molar-refractivity contribution in [3.63, 3.8) is 0 Å². The lowest BCUT2D eigenvalue weighted by atomic mass is 10.5. The minimum absolute atomic E-state index is 0.170. The van der Waals surface area contributed by atoms with Gasteiger partial charge in [-0.15, -0.1) is 0 Å². The number of hydrogen-bond acceptors (Lipinski definition) is 6. The molecule has 0 atom stereocenters. The zero-order chi connectivity index (χ0) is 11.8. The van der Waals surface area contributed by atoms with E-state index in [9.17, 15) is 4.79 Å². The Kier molecular flexibility index (Phi) is 5.34. The molecule has 0 fully saturated rings. The molecule has 0 aromatic carbocycles. The molecule has 2 N–H and O–H groups in total. The number of hydrazone groups is 1.